The van der Waals surface area contributed by atoms with Gasteiger partial charge >= 0.3 is 6.09 Å². The second kappa shape index (κ2) is 14.7. The highest BCUT2D eigenvalue weighted by molar-refractivity contribution is 6.91. The number of methoxy groups -OCH3 is 2. The number of carbonyl (C=O) groups excluding carboxylic acids is 3. The molecular weight excluding hydrogens is 727 g/mol. The van der Waals surface area contributed by atoms with Crippen molar-refractivity contribution in [1.29, 1.82) is 0 Å². The Morgan fingerprint density at radius 2 is 1.62 bits per heavy atom. The molecular formula is C44H49N3O8Si. The molecule has 2 saturated heterocycles. The van der Waals surface area contributed by atoms with E-state index in [1.807, 2.05) is 72.8 Å². The van der Waals surface area contributed by atoms with Gasteiger partial charge in [0.15, 0.2) is 5.60 Å². The van der Waals surface area contributed by atoms with E-state index in [4.69, 9.17) is 18.9 Å². The Labute approximate surface area is 328 Å². The standard InChI is InChI=1S/C44H49N3O8Si/c1-28-41(56(4,5)36-17-14-34(52-2)15-18-36)39(24-40(49)46-26-31-9-7-6-8-30(31)22-33(46)27-48)55-44(28)37-23-35(53-3)16-19-38(37)47(42(44)50)25-29-10-12-32(13-11-29)45-20-21-54-43(45)51/h6-19,23,28,33,39,41,48H,20-22,24-27H2,1-5H3/t28-,33+,39+,41-,44+/m1/s1. The topological polar surface area (TPSA) is 118 Å². The molecule has 1 spiro atoms. The van der Waals surface area contributed by atoms with Gasteiger partial charge in [-0.1, -0.05) is 73.7 Å². The van der Waals surface area contributed by atoms with E-state index in [1.165, 1.54) is 5.19 Å². The van der Waals surface area contributed by atoms with Crippen LogP contribution in [0.15, 0.2) is 91.0 Å². The molecule has 8 rings (SSSR count). The van der Waals surface area contributed by atoms with Gasteiger partial charge in [0.05, 0.1) is 66.2 Å². The van der Waals surface area contributed by atoms with Crippen LogP contribution in [0, 0.1) is 5.92 Å². The zero-order chi connectivity index (χ0) is 39.4. The zero-order valence-corrected chi connectivity index (χ0v) is 33.6. The number of aliphatic hydroxyl groups is 1. The minimum absolute atomic E-state index is 0.0645. The van der Waals surface area contributed by atoms with Crippen LogP contribution in [0.25, 0.3) is 0 Å². The van der Waals surface area contributed by atoms with Crippen LogP contribution in [0.2, 0.25) is 18.6 Å². The molecule has 0 aromatic heterocycles. The number of fused-ring (bicyclic) bond motifs is 3. The molecule has 12 heteroatoms. The second-order valence-corrected chi connectivity index (χ2v) is 20.6. The van der Waals surface area contributed by atoms with Gasteiger partial charge in [-0.3, -0.25) is 14.5 Å². The fraction of sp³-hybridized carbons (Fsp3) is 0.386. The van der Waals surface area contributed by atoms with Crippen molar-refractivity contribution in [2.45, 2.75) is 69.2 Å². The maximum Gasteiger partial charge on any atom is 0.414 e. The number of anilines is 2. The van der Waals surface area contributed by atoms with E-state index in [2.05, 4.69) is 38.2 Å². The monoisotopic (exact) mass is 775 g/mol. The van der Waals surface area contributed by atoms with Crippen molar-refractivity contribution < 1.29 is 38.4 Å². The van der Waals surface area contributed by atoms with Crippen molar-refractivity contribution in [1.82, 2.24) is 4.90 Å². The molecule has 5 atom stereocenters. The van der Waals surface area contributed by atoms with E-state index < -0.39 is 19.8 Å². The normalized spacial score (nSPS) is 24.4. The van der Waals surface area contributed by atoms with Crippen LogP contribution in [-0.4, -0.2) is 82.1 Å². The average molecular weight is 776 g/mol. The first kappa shape index (κ1) is 37.7. The van der Waals surface area contributed by atoms with Crippen LogP contribution in [0.4, 0.5) is 16.2 Å². The zero-order valence-electron chi connectivity index (χ0n) is 32.6. The fourth-order valence-electron chi connectivity index (χ4n) is 9.70. The number of rotatable bonds is 10. The molecule has 4 aliphatic heterocycles. The molecule has 4 aromatic rings. The van der Waals surface area contributed by atoms with Crippen LogP contribution < -0.4 is 24.5 Å². The number of aliphatic hydroxyl groups excluding tert-OH is 1. The lowest BCUT2D eigenvalue weighted by atomic mass is 9.82. The van der Waals surface area contributed by atoms with Gasteiger partial charge in [-0.15, -0.1) is 0 Å². The molecule has 4 aliphatic rings. The summed E-state index contributed by atoms with van der Waals surface area (Å²) >= 11 is 0. The second-order valence-electron chi connectivity index (χ2n) is 15.9. The van der Waals surface area contributed by atoms with Gasteiger partial charge in [-0.2, -0.15) is 0 Å². The van der Waals surface area contributed by atoms with E-state index in [1.54, 1.807) is 28.9 Å². The quantitative estimate of drug-likeness (QED) is 0.202. The largest absolute Gasteiger partial charge is 0.497 e. The predicted octanol–water partition coefficient (Wildman–Crippen LogP) is 5.76. The van der Waals surface area contributed by atoms with E-state index >= 15 is 4.79 Å². The van der Waals surface area contributed by atoms with Crippen molar-refractivity contribution in [3.63, 3.8) is 0 Å². The third kappa shape index (κ3) is 6.24. The third-order valence-corrected chi connectivity index (χ3v) is 17.0. The summed E-state index contributed by atoms with van der Waals surface area (Å²) in [6.07, 6.45) is -0.330. The lowest BCUT2D eigenvalue weighted by Crippen LogP contribution is -2.52. The van der Waals surface area contributed by atoms with Crippen molar-refractivity contribution in [2.75, 3.05) is 43.8 Å². The number of hydrogen-bond acceptors (Lipinski definition) is 8. The number of benzene rings is 4. The molecule has 0 aliphatic carbocycles. The van der Waals surface area contributed by atoms with Gasteiger partial charge in [-0.05, 0) is 71.1 Å². The molecule has 3 amide bonds. The molecule has 1 N–H and O–H groups in total. The maximum absolute atomic E-state index is 15.3. The van der Waals surface area contributed by atoms with Crippen LogP contribution >= 0.6 is 0 Å². The summed E-state index contributed by atoms with van der Waals surface area (Å²) in [6.45, 7) is 8.07. The summed E-state index contributed by atoms with van der Waals surface area (Å²) in [5.74, 6) is 0.754. The van der Waals surface area contributed by atoms with Gasteiger partial charge in [0.25, 0.3) is 5.91 Å². The molecule has 0 radical (unpaired) electrons. The Hall–Kier alpha value is -5.17. The Morgan fingerprint density at radius 1 is 0.929 bits per heavy atom. The number of hydrogen-bond donors (Lipinski definition) is 1. The van der Waals surface area contributed by atoms with E-state index in [-0.39, 0.29) is 55.0 Å². The van der Waals surface area contributed by atoms with Gasteiger partial charge in [0.1, 0.15) is 18.1 Å². The first-order chi connectivity index (χ1) is 27.0. The smallest absolute Gasteiger partial charge is 0.414 e. The number of nitrogens with zero attached hydrogens (tertiary/aromatic N) is 3. The van der Waals surface area contributed by atoms with Crippen LogP contribution in [0.3, 0.4) is 0 Å². The number of carbonyl (C=O) groups is 3. The van der Waals surface area contributed by atoms with Gasteiger partial charge in [0, 0.05) is 23.7 Å². The van der Waals surface area contributed by atoms with Gasteiger partial charge < -0.3 is 33.9 Å². The highest BCUT2D eigenvalue weighted by Crippen LogP contribution is 2.60. The van der Waals surface area contributed by atoms with E-state index in [0.29, 0.717) is 31.9 Å². The molecule has 0 unspecified atom stereocenters. The minimum atomic E-state index is -2.54. The third-order valence-electron chi connectivity index (χ3n) is 12.7. The van der Waals surface area contributed by atoms with Gasteiger partial charge in [0.2, 0.25) is 5.91 Å². The van der Waals surface area contributed by atoms with Crippen LogP contribution in [0.5, 0.6) is 11.5 Å². The fourth-order valence-corrected chi connectivity index (χ4v) is 13.7. The number of cyclic esters (lactones) is 1. The molecule has 0 bridgehead atoms. The maximum atomic E-state index is 15.3. The van der Waals surface area contributed by atoms with Crippen LogP contribution in [-0.2, 0) is 44.2 Å². The summed E-state index contributed by atoms with van der Waals surface area (Å²) in [7, 11) is 0.717. The average Bonchev–Trinajstić information content (AvgIpc) is 3.85. The van der Waals surface area contributed by atoms with Crippen molar-refractivity contribution in [2.24, 2.45) is 5.92 Å². The molecule has 11 nitrogen and oxygen atoms in total. The molecule has 4 aromatic carbocycles. The summed E-state index contributed by atoms with van der Waals surface area (Å²) in [6, 6.07) is 29.2. The summed E-state index contributed by atoms with van der Waals surface area (Å²) in [4.78, 5) is 47.3. The van der Waals surface area contributed by atoms with Crippen molar-refractivity contribution in [3.05, 3.63) is 113 Å². The lowest BCUT2D eigenvalue weighted by Gasteiger charge is -2.39. The Balaban J connectivity index is 1.18. The molecule has 2 fully saturated rings. The highest BCUT2D eigenvalue weighted by atomic mass is 28.3. The Kier molecular flexibility index (Phi) is 9.92. The number of amides is 3. The lowest BCUT2D eigenvalue weighted by molar-refractivity contribution is -0.151. The Morgan fingerprint density at radius 3 is 2.29 bits per heavy atom. The summed E-state index contributed by atoms with van der Waals surface area (Å²) in [5, 5.41) is 11.7. The first-order valence-electron chi connectivity index (χ1n) is 19.3. The summed E-state index contributed by atoms with van der Waals surface area (Å²) < 4.78 is 23.6. The van der Waals surface area contributed by atoms with E-state index in [0.717, 1.165) is 39.4 Å². The SMILES string of the molecule is COc1ccc([Si](C)(C)[C@H]2[C@H](CC(=O)N3Cc4ccccc4C[C@H]3CO)O[C@@]3(C(=O)N(Cc4ccc(N5CCOC5=O)cc4)c4ccc(OC)cc43)[C@@H]2C)cc1. The molecule has 56 heavy (non-hydrogen) atoms. The van der Waals surface area contributed by atoms with Crippen molar-refractivity contribution in [3.8, 4) is 11.5 Å². The molecule has 292 valence electrons. The minimum Gasteiger partial charge on any atom is -0.497 e. The molecule has 0 saturated carbocycles. The van der Waals surface area contributed by atoms with E-state index in [9.17, 15) is 14.7 Å². The molecule has 4 heterocycles. The number of ether oxygens (including phenoxy) is 4. The van der Waals surface area contributed by atoms with Crippen LogP contribution in [0.1, 0.15) is 35.6 Å². The van der Waals surface area contributed by atoms with Gasteiger partial charge in [-0.25, -0.2) is 4.79 Å². The van der Waals surface area contributed by atoms with Crippen molar-refractivity contribution >= 4 is 42.5 Å². The Bertz CT molecular complexity index is 2140. The highest BCUT2D eigenvalue weighted by Gasteiger charge is 2.66. The first-order valence-corrected chi connectivity index (χ1v) is 22.4. The predicted molar refractivity (Wildman–Crippen MR) is 215 cm³/mol. The summed E-state index contributed by atoms with van der Waals surface area (Å²) in [5.41, 5.74) is 3.75.